The third-order valence-corrected chi connectivity index (χ3v) is 13.0. The van der Waals surface area contributed by atoms with E-state index in [1.54, 1.807) is 0 Å². The first-order chi connectivity index (χ1) is 31.0. The quantitative estimate of drug-likeness (QED) is 0.106. The van der Waals surface area contributed by atoms with Gasteiger partial charge in [0, 0.05) is 45.9 Å². The van der Waals surface area contributed by atoms with Crippen LogP contribution in [0.1, 0.15) is 145 Å². The minimum Gasteiger partial charge on any atom is -0.490 e. The summed E-state index contributed by atoms with van der Waals surface area (Å²) in [6.07, 6.45) is 9.91. The Bertz CT molecular complexity index is 2250. The van der Waals surface area contributed by atoms with Crippen LogP contribution in [0.15, 0.2) is 72.8 Å². The Morgan fingerprint density at radius 3 is 1.53 bits per heavy atom. The number of benzene rings is 4. The van der Waals surface area contributed by atoms with E-state index in [0.29, 0.717) is 36.6 Å². The summed E-state index contributed by atoms with van der Waals surface area (Å²) in [6.45, 7) is 22.6. The highest BCUT2D eigenvalue weighted by molar-refractivity contribution is 5.94. The van der Waals surface area contributed by atoms with Gasteiger partial charge in [-0.3, -0.25) is 19.7 Å². The largest absolute Gasteiger partial charge is 0.490 e. The van der Waals surface area contributed by atoms with Crippen LogP contribution < -0.4 is 25.8 Å². The number of hydrogen-bond donors (Lipinski definition) is 3. The summed E-state index contributed by atoms with van der Waals surface area (Å²) in [5, 5.41) is 10.0. The molecular formula is C55H78N4O7. The van der Waals surface area contributed by atoms with Crippen LogP contribution in [0.4, 0.5) is 4.79 Å². The molecule has 2 aliphatic carbocycles. The predicted octanol–water partition coefficient (Wildman–Crippen LogP) is 11.4. The zero-order valence-corrected chi connectivity index (χ0v) is 41.5. The molecule has 11 heteroatoms. The van der Waals surface area contributed by atoms with E-state index in [9.17, 15) is 19.2 Å². The van der Waals surface area contributed by atoms with Gasteiger partial charge in [-0.2, -0.15) is 0 Å². The number of hydrogen-bond acceptors (Lipinski definition) is 8. The van der Waals surface area contributed by atoms with Gasteiger partial charge in [-0.05, 0) is 164 Å². The maximum Gasteiger partial charge on any atom is 0.410 e. The molecule has 2 aliphatic rings. The Kier molecular flexibility index (Phi) is 18.1. The molecule has 0 atom stereocenters. The number of fused-ring (bicyclic) bond motifs is 2. The van der Waals surface area contributed by atoms with Gasteiger partial charge in [0.15, 0.2) is 0 Å². The minimum atomic E-state index is -0.617. The van der Waals surface area contributed by atoms with Crippen molar-refractivity contribution in [2.75, 3.05) is 13.1 Å². The summed E-state index contributed by atoms with van der Waals surface area (Å²) < 4.78 is 18.2. The summed E-state index contributed by atoms with van der Waals surface area (Å²) in [5.41, 5.74) is 7.57. The number of nitrogens with one attached hydrogen (secondary N) is 2. The minimum absolute atomic E-state index is 0.0885. The molecule has 6 rings (SSSR count). The maximum absolute atomic E-state index is 12.7. The SMILES string of the molecule is CC(=O)NC(=O)CCNCc1ccc2cc(OC3CCC(C(C)(C)C)CC3)ccc2c1.CC(C)(C)OC(=O)N(CCC(N)=O)Cc1ccc2cc(OC3CCC(C(C)(C)C)CC3)ccc2c1. The smallest absolute Gasteiger partial charge is 0.410 e. The van der Waals surface area contributed by atoms with E-state index in [1.807, 2.05) is 32.9 Å². The zero-order valence-electron chi connectivity index (χ0n) is 41.5. The average Bonchev–Trinajstić information content (AvgIpc) is 3.23. The van der Waals surface area contributed by atoms with E-state index in [-0.39, 0.29) is 37.3 Å². The van der Waals surface area contributed by atoms with Crippen LogP contribution in [0.25, 0.3) is 21.5 Å². The fourth-order valence-corrected chi connectivity index (χ4v) is 9.10. The summed E-state index contributed by atoms with van der Waals surface area (Å²) >= 11 is 0. The third-order valence-electron chi connectivity index (χ3n) is 13.0. The maximum atomic E-state index is 12.7. The highest BCUT2D eigenvalue weighted by Gasteiger charge is 2.32. The second kappa shape index (κ2) is 23.0. The first-order valence-corrected chi connectivity index (χ1v) is 24.2. The molecule has 0 spiro atoms. The molecule has 4 N–H and O–H groups in total. The highest BCUT2D eigenvalue weighted by Crippen LogP contribution is 2.40. The lowest BCUT2D eigenvalue weighted by atomic mass is 9.72. The first-order valence-electron chi connectivity index (χ1n) is 24.2. The normalized spacial score (nSPS) is 19.0. The van der Waals surface area contributed by atoms with E-state index in [4.69, 9.17) is 19.9 Å². The summed E-state index contributed by atoms with van der Waals surface area (Å²) in [5.74, 6) is 2.39. The highest BCUT2D eigenvalue weighted by atomic mass is 16.6. The zero-order chi connectivity index (χ0) is 48.2. The van der Waals surface area contributed by atoms with Crippen molar-refractivity contribution >= 4 is 45.4 Å². The van der Waals surface area contributed by atoms with Crippen LogP contribution in [-0.4, -0.2) is 59.6 Å². The van der Waals surface area contributed by atoms with Gasteiger partial charge < -0.3 is 30.2 Å². The van der Waals surface area contributed by atoms with Gasteiger partial charge in [0.1, 0.15) is 17.1 Å². The van der Waals surface area contributed by atoms with Crippen molar-refractivity contribution in [1.82, 2.24) is 15.5 Å². The van der Waals surface area contributed by atoms with Gasteiger partial charge in [-0.15, -0.1) is 0 Å². The van der Waals surface area contributed by atoms with Crippen molar-refractivity contribution in [2.24, 2.45) is 28.4 Å². The molecule has 2 fully saturated rings. The van der Waals surface area contributed by atoms with Crippen LogP contribution in [0.5, 0.6) is 11.5 Å². The third kappa shape index (κ3) is 16.9. The Morgan fingerprint density at radius 2 is 1.08 bits per heavy atom. The lowest BCUT2D eigenvalue weighted by Crippen LogP contribution is -2.38. The molecule has 0 bridgehead atoms. The van der Waals surface area contributed by atoms with Gasteiger partial charge >= 0.3 is 6.09 Å². The number of carbonyl (C=O) groups excluding carboxylic acids is 4. The number of amides is 4. The number of rotatable bonds is 14. The monoisotopic (exact) mass is 907 g/mol. The molecular weight excluding hydrogens is 829 g/mol. The topological polar surface area (TPSA) is 149 Å². The first kappa shape index (κ1) is 51.8. The number of nitrogens with zero attached hydrogens (tertiary/aromatic N) is 1. The summed E-state index contributed by atoms with van der Waals surface area (Å²) in [4.78, 5) is 47.9. The van der Waals surface area contributed by atoms with Gasteiger partial charge in [0.25, 0.3) is 0 Å². The van der Waals surface area contributed by atoms with Gasteiger partial charge in [-0.1, -0.05) is 77.9 Å². The second-order valence-electron chi connectivity index (χ2n) is 21.8. The summed E-state index contributed by atoms with van der Waals surface area (Å²) in [7, 11) is 0. The number of nitrogens with two attached hydrogens (primary N) is 1. The molecule has 0 saturated heterocycles. The Labute approximate surface area is 394 Å². The fourth-order valence-electron chi connectivity index (χ4n) is 9.10. The standard InChI is InChI=1S/C29H42N2O4.C26H36N2O3/c1-28(2,3)23-10-13-24(14-11-23)34-25-12-9-21-17-20(7-8-22(21)18-25)19-31(16-15-26(30)32)27(33)35-29(4,5)6;1-18(29)28-25(30)13-14-27-17-19-5-6-21-16-24(10-7-20(21)15-19)31-23-11-8-22(9-12-23)26(2,3)4/h7-9,12,17-18,23-24H,10-11,13-16,19H2,1-6H3,(H2,30,32);5-7,10,15-16,22-23,27H,8-9,11-14,17H2,1-4H3,(H,28,29,30). The van der Waals surface area contributed by atoms with E-state index in [1.165, 1.54) is 48.3 Å². The van der Waals surface area contributed by atoms with E-state index < -0.39 is 17.6 Å². The molecule has 360 valence electrons. The Hall–Kier alpha value is -5.16. The summed E-state index contributed by atoms with van der Waals surface area (Å²) in [6, 6.07) is 25.0. The van der Waals surface area contributed by atoms with Crippen LogP contribution >= 0.6 is 0 Å². The molecule has 4 aromatic carbocycles. The van der Waals surface area contributed by atoms with Crippen LogP contribution in [0, 0.1) is 22.7 Å². The molecule has 11 nitrogen and oxygen atoms in total. The van der Waals surface area contributed by atoms with Crippen molar-refractivity contribution in [2.45, 2.75) is 164 Å². The van der Waals surface area contributed by atoms with Gasteiger partial charge in [0.05, 0.1) is 12.2 Å². The lowest BCUT2D eigenvalue weighted by Gasteiger charge is -2.37. The molecule has 66 heavy (non-hydrogen) atoms. The molecule has 0 aliphatic heterocycles. The second-order valence-corrected chi connectivity index (χ2v) is 21.8. The van der Waals surface area contributed by atoms with Crippen molar-refractivity contribution in [3.8, 4) is 11.5 Å². The molecule has 4 amide bonds. The van der Waals surface area contributed by atoms with Crippen molar-refractivity contribution in [1.29, 1.82) is 0 Å². The molecule has 0 heterocycles. The van der Waals surface area contributed by atoms with Crippen molar-refractivity contribution in [3.63, 3.8) is 0 Å². The van der Waals surface area contributed by atoms with Crippen LogP contribution in [0.2, 0.25) is 0 Å². The number of ether oxygens (including phenoxy) is 3. The van der Waals surface area contributed by atoms with E-state index in [2.05, 4.69) is 113 Å². The molecule has 0 radical (unpaired) electrons. The number of primary amides is 1. The molecule has 2 saturated carbocycles. The average molecular weight is 907 g/mol. The van der Waals surface area contributed by atoms with Crippen molar-refractivity contribution in [3.05, 3.63) is 83.9 Å². The van der Waals surface area contributed by atoms with Crippen LogP contribution in [-0.2, 0) is 32.2 Å². The van der Waals surface area contributed by atoms with Crippen molar-refractivity contribution < 1.29 is 33.4 Å². The van der Waals surface area contributed by atoms with Gasteiger partial charge in [-0.25, -0.2) is 4.79 Å². The fraction of sp³-hybridized carbons (Fsp3) is 0.564. The molecule has 4 aromatic rings. The van der Waals surface area contributed by atoms with Gasteiger partial charge in [0.2, 0.25) is 17.7 Å². The van der Waals surface area contributed by atoms with E-state index >= 15 is 0 Å². The lowest BCUT2D eigenvalue weighted by molar-refractivity contribution is -0.129. The molecule has 0 unspecified atom stereocenters. The Morgan fingerprint density at radius 1 is 0.621 bits per heavy atom. The number of imide groups is 1. The predicted molar refractivity (Wildman–Crippen MR) is 265 cm³/mol. The number of carbonyl (C=O) groups is 4. The van der Waals surface area contributed by atoms with Crippen LogP contribution in [0.3, 0.4) is 0 Å². The molecule has 0 aromatic heterocycles. The Balaban J connectivity index is 0.000000249. The van der Waals surface area contributed by atoms with E-state index in [0.717, 1.165) is 70.9 Å².